The largest absolute Gasteiger partial charge is 0.416 e. The van der Waals surface area contributed by atoms with Crippen LogP contribution in [0.3, 0.4) is 0 Å². The number of hydrogen-bond acceptors (Lipinski definition) is 5. The summed E-state index contributed by atoms with van der Waals surface area (Å²) in [6.07, 6.45) is -27.9. The Bertz CT molecular complexity index is 1170. The van der Waals surface area contributed by atoms with Gasteiger partial charge in [0.15, 0.2) is 12.2 Å². The Morgan fingerprint density at radius 1 is 0.622 bits per heavy atom. The highest BCUT2D eigenvalue weighted by molar-refractivity contribution is 5.28. The molecule has 4 atom stereocenters. The molecule has 2 saturated heterocycles. The van der Waals surface area contributed by atoms with E-state index in [0.717, 1.165) is 46.2 Å². The van der Waals surface area contributed by atoms with Gasteiger partial charge in [-0.1, -0.05) is 24.3 Å². The first-order valence-corrected chi connectivity index (χ1v) is 13.6. The first-order chi connectivity index (χ1) is 20.8. The van der Waals surface area contributed by atoms with E-state index in [9.17, 15) is 52.7 Å². The van der Waals surface area contributed by atoms with Crippen molar-refractivity contribution in [1.29, 1.82) is 0 Å². The van der Waals surface area contributed by atoms with Crippen LogP contribution in [-0.4, -0.2) is 86.8 Å². The molecule has 5 nitrogen and oxygen atoms in total. The van der Waals surface area contributed by atoms with Gasteiger partial charge in [0.05, 0.1) is 36.5 Å². The number of hydrogen-bond donors (Lipinski definition) is 0. The SMILES string of the molecule is FC(F)(F)c1cccc([C@@H]2CN(C[C@H](O[C@@H](CN3CCO[C@H](c4cccc(C(F)(F)F)c4)C3)C(F)(F)F)C(F)(F)F)CCO2)c1. The zero-order valence-corrected chi connectivity index (χ0v) is 23.2. The molecule has 0 aromatic heterocycles. The van der Waals surface area contributed by atoms with Gasteiger partial charge in [-0.15, -0.1) is 0 Å². The smallest absolute Gasteiger partial charge is 0.371 e. The molecule has 0 radical (unpaired) electrons. The van der Waals surface area contributed by atoms with Crippen LogP contribution in [-0.2, 0) is 26.6 Å². The van der Waals surface area contributed by atoms with E-state index in [1.165, 1.54) is 12.1 Å². The molecule has 0 saturated carbocycles. The highest BCUT2D eigenvalue weighted by Crippen LogP contribution is 2.36. The zero-order chi connectivity index (χ0) is 33.2. The van der Waals surface area contributed by atoms with Crippen LogP contribution in [0.15, 0.2) is 48.5 Å². The fraction of sp³-hybridized carbons (Fsp3) is 0.571. The molecule has 17 heteroatoms. The predicted molar refractivity (Wildman–Crippen MR) is 134 cm³/mol. The monoisotopic (exact) mass is 668 g/mol. The number of morpholine rings is 2. The van der Waals surface area contributed by atoms with Crippen LogP contribution in [0, 0.1) is 0 Å². The summed E-state index contributed by atoms with van der Waals surface area (Å²) in [4.78, 5) is 2.22. The first-order valence-electron chi connectivity index (χ1n) is 13.6. The number of ether oxygens (including phenoxy) is 3. The summed E-state index contributed by atoms with van der Waals surface area (Å²) in [6.45, 7) is -3.46. The van der Waals surface area contributed by atoms with E-state index in [1.807, 2.05) is 0 Å². The van der Waals surface area contributed by atoms with E-state index in [-0.39, 0.29) is 50.5 Å². The Kier molecular flexibility index (Phi) is 10.7. The lowest BCUT2D eigenvalue weighted by Gasteiger charge is -2.39. The van der Waals surface area contributed by atoms with Crippen LogP contribution in [0.4, 0.5) is 52.7 Å². The van der Waals surface area contributed by atoms with Gasteiger partial charge in [0.1, 0.15) is 0 Å². The van der Waals surface area contributed by atoms with Gasteiger partial charge in [0.2, 0.25) is 0 Å². The summed E-state index contributed by atoms with van der Waals surface area (Å²) in [6, 6.07) is 8.03. The number of rotatable bonds is 8. The maximum absolute atomic E-state index is 14.0. The van der Waals surface area contributed by atoms with E-state index in [4.69, 9.17) is 9.47 Å². The lowest BCUT2D eigenvalue weighted by atomic mass is 10.0. The zero-order valence-electron chi connectivity index (χ0n) is 23.2. The van der Waals surface area contributed by atoms with Crippen LogP contribution in [0.5, 0.6) is 0 Å². The van der Waals surface area contributed by atoms with Gasteiger partial charge in [0.25, 0.3) is 0 Å². The van der Waals surface area contributed by atoms with E-state index >= 15 is 0 Å². The molecule has 4 rings (SSSR count). The second kappa shape index (κ2) is 13.6. The van der Waals surface area contributed by atoms with Gasteiger partial charge < -0.3 is 14.2 Å². The molecule has 45 heavy (non-hydrogen) atoms. The number of nitrogens with zero attached hydrogens (tertiary/aromatic N) is 2. The van der Waals surface area contributed by atoms with E-state index < -0.39 is 73.3 Å². The third-order valence-electron chi connectivity index (χ3n) is 7.38. The van der Waals surface area contributed by atoms with Crippen molar-refractivity contribution in [3.8, 4) is 0 Å². The Labute approximate surface area is 249 Å². The Hall–Kier alpha value is -2.60. The van der Waals surface area contributed by atoms with Gasteiger partial charge in [-0.25, -0.2) is 0 Å². The molecule has 2 heterocycles. The summed E-state index contributed by atoms with van der Waals surface area (Å²) < 4.78 is 179. The normalized spacial score (nSPS) is 22.8. The molecule has 0 amide bonds. The topological polar surface area (TPSA) is 34.2 Å². The third-order valence-corrected chi connectivity index (χ3v) is 7.38. The second-order valence-corrected chi connectivity index (χ2v) is 10.7. The fourth-order valence-corrected chi connectivity index (χ4v) is 5.09. The Balaban J connectivity index is 1.45. The number of alkyl halides is 12. The summed E-state index contributed by atoms with van der Waals surface area (Å²) in [5, 5.41) is 0. The van der Waals surface area contributed by atoms with Crippen molar-refractivity contribution in [2.45, 2.75) is 49.1 Å². The standard InChI is InChI=1S/C28H28F12N2O3/c29-25(30,31)19-5-1-3-17(11-19)21-13-41(7-9-43-21)15-23(27(35,36)37)45-24(28(38,39)40)16-42-8-10-44-22(14-42)18-4-2-6-20(12-18)26(32,33)34/h1-6,11-12,21-24H,7-10,13-16H2/t21-,22-,23-,24-/m0/s1. The number of benzene rings is 2. The van der Waals surface area contributed by atoms with Crippen molar-refractivity contribution >= 4 is 0 Å². The molecule has 2 aromatic rings. The van der Waals surface area contributed by atoms with Gasteiger partial charge in [-0.05, 0) is 35.4 Å². The van der Waals surface area contributed by atoms with Crippen molar-refractivity contribution in [3.63, 3.8) is 0 Å². The van der Waals surface area contributed by atoms with Crippen molar-refractivity contribution in [3.05, 3.63) is 70.8 Å². The van der Waals surface area contributed by atoms with Crippen molar-refractivity contribution in [2.75, 3.05) is 52.5 Å². The van der Waals surface area contributed by atoms with Gasteiger partial charge in [-0.2, -0.15) is 52.7 Å². The molecule has 0 spiro atoms. The summed E-state index contributed by atoms with van der Waals surface area (Å²) in [7, 11) is 0. The van der Waals surface area contributed by atoms with Gasteiger partial charge in [-0.3, -0.25) is 9.80 Å². The minimum Gasteiger partial charge on any atom is -0.371 e. The van der Waals surface area contributed by atoms with E-state index in [0.29, 0.717) is 0 Å². The third kappa shape index (κ3) is 9.70. The molecule has 0 unspecified atom stereocenters. The first kappa shape index (κ1) is 35.3. The Morgan fingerprint density at radius 3 is 1.33 bits per heavy atom. The summed E-state index contributed by atoms with van der Waals surface area (Å²) in [5.41, 5.74) is -1.92. The molecule has 0 N–H and O–H groups in total. The molecule has 0 aliphatic carbocycles. The minimum absolute atomic E-state index is 0.0369. The van der Waals surface area contributed by atoms with Crippen LogP contribution in [0.1, 0.15) is 34.5 Å². The van der Waals surface area contributed by atoms with Crippen molar-refractivity contribution in [1.82, 2.24) is 9.80 Å². The molecule has 2 aromatic carbocycles. The van der Waals surface area contributed by atoms with Crippen molar-refractivity contribution in [2.24, 2.45) is 0 Å². The highest BCUT2D eigenvalue weighted by atomic mass is 19.4. The van der Waals surface area contributed by atoms with Crippen LogP contribution in [0.25, 0.3) is 0 Å². The quantitative estimate of drug-likeness (QED) is 0.282. The average molecular weight is 669 g/mol. The van der Waals surface area contributed by atoms with Crippen LogP contribution in [0.2, 0.25) is 0 Å². The molecule has 252 valence electrons. The molecule has 2 aliphatic rings. The van der Waals surface area contributed by atoms with Gasteiger partial charge in [0, 0.05) is 39.3 Å². The molecular formula is C28H28F12N2O3. The molecule has 0 bridgehead atoms. The number of halogens is 12. The maximum Gasteiger partial charge on any atom is 0.416 e. The Morgan fingerprint density at radius 2 is 1.00 bits per heavy atom. The van der Waals surface area contributed by atoms with Crippen LogP contribution < -0.4 is 0 Å². The van der Waals surface area contributed by atoms with E-state index in [2.05, 4.69) is 4.74 Å². The second-order valence-electron chi connectivity index (χ2n) is 10.7. The average Bonchev–Trinajstić information content (AvgIpc) is 2.95. The lowest BCUT2D eigenvalue weighted by molar-refractivity contribution is -0.292. The maximum atomic E-state index is 14.0. The van der Waals surface area contributed by atoms with Gasteiger partial charge >= 0.3 is 24.7 Å². The van der Waals surface area contributed by atoms with Crippen LogP contribution >= 0.6 is 0 Å². The lowest BCUT2D eigenvalue weighted by Crippen LogP contribution is -2.53. The minimum atomic E-state index is -5.25. The molecule has 2 aliphatic heterocycles. The highest BCUT2D eigenvalue weighted by Gasteiger charge is 2.50. The fourth-order valence-electron chi connectivity index (χ4n) is 5.09. The molecular weight excluding hydrogens is 640 g/mol. The van der Waals surface area contributed by atoms with Crippen molar-refractivity contribution < 1.29 is 66.9 Å². The summed E-state index contributed by atoms with van der Waals surface area (Å²) >= 11 is 0. The molecule has 2 fully saturated rings. The predicted octanol–water partition coefficient (Wildman–Crippen LogP) is 7.05. The summed E-state index contributed by atoms with van der Waals surface area (Å²) in [5.74, 6) is 0. The van der Waals surface area contributed by atoms with E-state index in [1.54, 1.807) is 0 Å².